The fourth-order valence-corrected chi connectivity index (χ4v) is 11.0. The van der Waals surface area contributed by atoms with Gasteiger partial charge in [-0.2, -0.15) is 0 Å². The first-order valence-electron chi connectivity index (χ1n) is 30.3. The fourth-order valence-electron chi connectivity index (χ4n) is 11.0. The highest BCUT2D eigenvalue weighted by Gasteiger charge is 2.43. The summed E-state index contributed by atoms with van der Waals surface area (Å²) in [5.74, 6) is -6.06. The van der Waals surface area contributed by atoms with Crippen LogP contribution in [0.1, 0.15) is 108 Å². The third-order valence-corrected chi connectivity index (χ3v) is 15.6. The smallest absolute Gasteiger partial charge is 0.407 e. The average Bonchev–Trinajstić information content (AvgIpc) is 2.75. The molecule has 0 radical (unpaired) electrons. The normalized spacial score (nSPS) is 22.8. The Hall–Kier alpha value is -8.82. The van der Waals surface area contributed by atoms with E-state index in [1.807, 2.05) is 80.6 Å². The number of carbonyl (C=O) groups is 10. The summed E-state index contributed by atoms with van der Waals surface area (Å²) in [6, 6.07) is 26.4. The minimum Gasteiger partial charge on any atom is -0.445 e. The highest BCUT2D eigenvalue weighted by molar-refractivity contribution is 5.99. The molecule has 8 atom stereocenters. The molecule has 87 heavy (non-hydrogen) atoms. The molecule has 4 aromatic rings. The second-order valence-electron chi connectivity index (χ2n) is 23.2. The van der Waals surface area contributed by atoms with E-state index in [9.17, 15) is 43.2 Å². The quantitative estimate of drug-likeness (QED) is 0.0603. The molecule has 0 spiro atoms. The fraction of sp³-hybridized carbons (Fsp3) is 0.477. The van der Waals surface area contributed by atoms with Crippen molar-refractivity contribution in [1.82, 2.24) is 52.3 Å². The number of amides is 10. The number of benzene rings is 4. The van der Waals surface area contributed by atoms with Crippen LogP contribution in [-0.4, -0.2) is 144 Å². The van der Waals surface area contributed by atoms with Gasteiger partial charge >= 0.3 is 12.2 Å². The SMILES string of the molecule is CC(C)C[C@@H]1NC(=O)[C@H](CCCNC(=O)OCc2ccccc2)NC(=O)[C@@H]2CCCN2C(=O)[C@@H](Cc2ccccc2)NC(=O)[C@H](CCCNC(=O)OCc2ccccc2)NC(=O)[C@H](C(C)C)NC(=O)[C@@H]2CCCN2C(=O)[C@@H](Cc2ccccc2)NC1=O. The van der Waals surface area contributed by atoms with Gasteiger partial charge in [-0.05, 0) is 91.9 Å². The Kier molecular flexibility index (Phi) is 25.1. The molecule has 7 rings (SSSR count). The lowest BCUT2D eigenvalue weighted by molar-refractivity contribution is -0.143. The van der Waals surface area contributed by atoms with E-state index in [0.29, 0.717) is 24.0 Å². The van der Waals surface area contributed by atoms with Crippen LogP contribution in [0.4, 0.5) is 9.59 Å². The van der Waals surface area contributed by atoms with Crippen LogP contribution in [0.2, 0.25) is 0 Å². The molecular formula is C65H84N10O12. The third kappa shape index (κ3) is 20.1. The Balaban J connectivity index is 1.21. The van der Waals surface area contributed by atoms with Crippen LogP contribution >= 0.6 is 0 Å². The summed E-state index contributed by atoms with van der Waals surface area (Å²) in [6.07, 6.45) is 0.164. The number of alkyl carbamates (subject to hydrolysis) is 2. The maximum absolute atomic E-state index is 15.1. The number of fused-ring (bicyclic) bond motifs is 2. The first kappa shape index (κ1) is 65.7. The number of hydrogen-bond donors (Lipinski definition) is 8. The molecule has 3 saturated heterocycles. The van der Waals surface area contributed by atoms with Crippen molar-refractivity contribution in [2.45, 2.75) is 160 Å². The molecule has 8 N–H and O–H groups in total. The van der Waals surface area contributed by atoms with Crippen LogP contribution < -0.4 is 42.5 Å². The number of rotatable bonds is 19. The molecular weight excluding hydrogens is 1110 g/mol. The summed E-state index contributed by atoms with van der Waals surface area (Å²) >= 11 is 0. The van der Waals surface area contributed by atoms with Crippen LogP contribution in [-0.2, 0) is 73.9 Å². The largest absolute Gasteiger partial charge is 0.445 e. The summed E-state index contributed by atoms with van der Waals surface area (Å²) in [5, 5.41) is 22.6. The van der Waals surface area contributed by atoms with Crippen LogP contribution in [0.3, 0.4) is 0 Å². The molecule has 0 saturated carbocycles. The molecule has 10 amide bonds. The summed E-state index contributed by atoms with van der Waals surface area (Å²) in [6.45, 7) is 7.55. The third-order valence-electron chi connectivity index (χ3n) is 15.6. The Labute approximate surface area is 508 Å². The summed E-state index contributed by atoms with van der Waals surface area (Å²) in [7, 11) is 0. The molecule has 22 heteroatoms. The van der Waals surface area contributed by atoms with E-state index in [0.717, 1.165) is 11.1 Å². The van der Waals surface area contributed by atoms with Crippen molar-refractivity contribution in [3.8, 4) is 0 Å². The van der Waals surface area contributed by atoms with E-state index in [-0.39, 0.29) is 103 Å². The van der Waals surface area contributed by atoms with Crippen LogP contribution in [0.5, 0.6) is 0 Å². The lowest BCUT2D eigenvalue weighted by atomic mass is 9.99. The second kappa shape index (κ2) is 33.2. The predicted molar refractivity (Wildman–Crippen MR) is 323 cm³/mol. The van der Waals surface area contributed by atoms with Crippen molar-refractivity contribution in [3.63, 3.8) is 0 Å². The molecule has 3 aliphatic heterocycles. The molecule has 0 aliphatic carbocycles. The average molecular weight is 1200 g/mol. The standard InChI is InChI=1S/C65H84N10O12/c1-42(2)37-50-58(78)72-52(39-45-23-11-6-12-24-45)63(83)75-36-20-32-54(75)60(80)73-55(43(3)4)61(81)69-49(30-18-34-67-65(85)87-41-47-27-15-8-16-28-47)57(77)71-51(38-44-21-9-5-10-22-44)62(82)74-35-19-31-53(74)59(79)68-48(56(76)70-50)29-17-33-66-64(84)86-40-46-25-13-7-14-26-46/h5-16,21-28,42-43,48-55H,17-20,29-41H2,1-4H3,(H,66,84)(H,67,85)(H,68,79)(H,69,81)(H,70,76)(H,71,77)(H,72,78)(H,73,80)/t48-,49-,50-,51+,52+,53-,54-,55-/m0/s1. The van der Waals surface area contributed by atoms with Gasteiger partial charge in [0.25, 0.3) is 0 Å². The van der Waals surface area contributed by atoms with E-state index in [1.54, 1.807) is 68.4 Å². The van der Waals surface area contributed by atoms with E-state index in [2.05, 4.69) is 42.5 Å². The van der Waals surface area contributed by atoms with Crippen molar-refractivity contribution < 1.29 is 57.4 Å². The Morgan fingerprint density at radius 3 is 1.22 bits per heavy atom. The molecule has 3 fully saturated rings. The Morgan fingerprint density at radius 1 is 0.460 bits per heavy atom. The van der Waals surface area contributed by atoms with Gasteiger partial charge in [0.05, 0.1) is 0 Å². The maximum Gasteiger partial charge on any atom is 0.407 e. The van der Waals surface area contributed by atoms with E-state index in [1.165, 1.54) is 9.80 Å². The topological polar surface area (TPSA) is 292 Å². The van der Waals surface area contributed by atoms with E-state index < -0.39 is 114 Å². The summed E-state index contributed by atoms with van der Waals surface area (Å²) in [4.78, 5) is 147. The lowest BCUT2D eigenvalue weighted by Gasteiger charge is -2.33. The van der Waals surface area contributed by atoms with Crippen LogP contribution in [0, 0.1) is 11.8 Å². The minimum atomic E-state index is -1.34. The van der Waals surface area contributed by atoms with Crippen LogP contribution in [0.15, 0.2) is 121 Å². The van der Waals surface area contributed by atoms with Crippen LogP contribution in [0.25, 0.3) is 0 Å². The molecule has 4 aromatic carbocycles. The van der Waals surface area contributed by atoms with Gasteiger partial charge in [0.2, 0.25) is 47.3 Å². The molecule has 0 unspecified atom stereocenters. The van der Waals surface area contributed by atoms with Gasteiger partial charge in [-0.3, -0.25) is 38.4 Å². The summed E-state index contributed by atoms with van der Waals surface area (Å²) in [5.41, 5.74) is 2.93. The molecule has 0 aromatic heterocycles. The lowest BCUT2D eigenvalue weighted by Crippen LogP contribution is -2.62. The van der Waals surface area contributed by atoms with Crippen molar-refractivity contribution >= 4 is 59.4 Å². The highest BCUT2D eigenvalue weighted by atomic mass is 16.6. The minimum absolute atomic E-state index is 0.0196. The number of nitrogens with zero attached hydrogens (tertiary/aromatic N) is 2. The molecule has 22 nitrogen and oxygen atoms in total. The van der Waals surface area contributed by atoms with Crippen molar-refractivity contribution in [2.24, 2.45) is 11.8 Å². The molecule has 0 bridgehead atoms. The Bertz CT molecular complexity index is 2960. The number of ether oxygens (including phenoxy) is 2. The Morgan fingerprint density at radius 2 is 0.816 bits per heavy atom. The van der Waals surface area contributed by atoms with Gasteiger partial charge in [0, 0.05) is 39.0 Å². The van der Waals surface area contributed by atoms with E-state index in [4.69, 9.17) is 9.47 Å². The second-order valence-corrected chi connectivity index (χ2v) is 23.2. The molecule has 3 aliphatic rings. The first-order chi connectivity index (χ1) is 41.9. The van der Waals surface area contributed by atoms with Crippen molar-refractivity contribution in [1.29, 1.82) is 0 Å². The van der Waals surface area contributed by atoms with Gasteiger partial charge in [-0.15, -0.1) is 0 Å². The van der Waals surface area contributed by atoms with Gasteiger partial charge in [-0.25, -0.2) is 9.59 Å². The van der Waals surface area contributed by atoms with Crippen molar-refractivity contribution in [2.75, 3.05) is 26.2 Å². The van der Waals surface area contributed by atoms with Gasteiger partial charge < -0.3 is 61.8 Å². The number of nitrogens with one attached hydrogen (secondary N) is 8. The maximum atomic E-state index is 15.1. The highest BCUT2D eigenvalue weighted by Crippen LogP contribution is 2.24. The van der Waals surface area contributed by atoms with Crippen molar-refractivity contribution in [3.05, 3.63) is 144 Å². The van der Waals surface area contributed by atoms with Gasteiger partial charge in [0.15, 0.2) is 0 Å². The first-order valence-corrected chi connectivity index (χ1v) is 30.3. The number of carbonyl (C=O) groups excluding carboxylic acids is 10. The molecule has 466 valence electrons. The zero-order valence-electron chi connectivity index (χ0n) is 50.1. The monoisotopic (exact) mass is 1200 g/mol. The summed E-state index contributed by atoms with van der Waals surface area (Å²) < 4.78 is 10.8. The van der Waals surface area contributed by atoms with E-state index >= 15 is 4.79 Å². The molecule has 3 heterocycles. The number of hydrogen-bond acceptors (Lipinski definition) is 12. The zero-order chi connectivity index (χ0) is 62.2. The van der Waals surface area contributed by atoms with Gasteiger partial charge in [0.1, 0.15) is 61.5 Å². The van der Waals surface area contributed by atoms with Gasteiger partial charge in [-0.1, -0.05) is 149 Å². The zero-order valence-corrected chi connectivity index (χ0v) is 50.1. The predicted octanol–water partition coefficient (Wildman–Crippen LogP) is 4.49.